The van der Waals surface area contributed by atoms with Crippen LogP contribution in [0, 0.1) is 0 Å². The first kappa shape index (κ1) is 22.4. The molecule has 2 aromatic carbocycles. The largest absolute Gasteiger partial charge is 0.449 e. The minimum atomic E-state index is -4.68. The van der Waals surface area contributed by atoms with E-state index in [0.29, 0.717) is 0 Å². The molecule has 0 bridgehead atoms. The number of hydrogen-bond donors (Lipinski definition) is 1. The Balaban J connectivity index is 2.19. The summed E-state index contributed by atoms with van der Waals surface area (Å²) in [5.74, 6) is -2.32. The van der Waals surface area contributed by atoms with Gasteiger partial charge in [-0.05, 0) is 31.2 Å². The lowest BCUT2D eigenvalue weighted by Crippen LogP contribution is -2.31. The van der Waals surface area contributed by atoms with Crippen molar-refractivity contribution in [2.45, 2.75) is 31.0 Å². The van der Waals surface area contributed by atoms with Gasteiger partial charge in [0.15, 0.2) is 15.9 Å². The van der Waals surface area contributed by atoms with Crippen LogP contribution in [-0.2, 0) is 25.5 Å². The number of benzene rings is 2. The zero-order valence-electron chi connectivity index (χ0n) is 15.5. The second kappa shape index (κ2) is 8.64. The summed E-state index contributed by atoms with van der Waals surface area (Å²) >= 11 is 0. The van der Waals surface area contributed by atoms with Crippen LogP contribution < -0.4 is 5.32 Å². The average molecular weight is 429 g/mol. The molecule has 1 amide bonds. The van der Waals surface area contributed by atoms with Crippen molar-refractivity contribution >= 4 is 27.4 Å². The monoisotopic (exact) mass is 429 g/mol. The van der Waals surface area contributed by atoms with Gasteiger partial charge in [-0.15, -0.1) is 0 Å². The number of alkyl halides is 3. The Kier molecular flexibility index (Phi) is 6.68. The molecule has 1 atom stereocenters. The van der Waals surface area contributed by atoms with Gasteiger partial charge in [0.25, 0.3) is 5.91 Å². The van der Waals surface area contributed by atoms with E-state index in [1.807, 2.05) is 0 Å². The number of ether oxygens (including phenoxy) is 1. The fraction of sp³-hybridized carbons (Fsp3) is 0.263. The SMILES string of the molecule is CCS(=O)(=O)c1ccccc1C(=O)OC(C)C(=O)Nc1ccccc1C(F)(F)F. The van der Waals surface area contributed by atoms with Crippen molar-refractivity contribution in [1.29, 1.82) is 0 Å². The highest BCUT2D eigenvalue weighted by Crippen LogP contribution is 2.34. The molecular formula is C19H18F3NO5S. The number of amides is 1. The minimum absolute atomic E-state index is 0.248. The number of halogens is 3. The van der Waals surface area contributed by atoms with Gasteiger partial charge >= 0.3 is 12.1 Å². The standard InChI is InChI=1S/C19H18F3NO5S/c1-3-29(26,27)16-11-7-4-8-13(16)18(25)28-12(2)17(24)23-15-10-6-5-9-14(15)19(20,21)22/h4-12H,3H2,1-2H3,(H,23,24). The zero-order valence-corrected chi connectivity index (χ0v) is 16.3. The Labute approximate surface area is 165 Å². The van der Waals surface area contributed by atoms with Crippen molar-refractivity contribution in [2.75, 3.05) is 11.1 Å². The quantitative estimate of drug-likeness (QED) is 0.708. The van der Waals surface area contributed by atoms with Crippen molar-refractivity contribution in [1.82, 2.24) is 0 Å². The van der Waals surface area contributed by atoms with Gasteiger partial charge in [-0.2, -0.15) is 13.2 Å². The lowest BCUT2D eigenvalue weighted by atomic mass is 10.1. The summed E-state index contributed by atoms with van der Waals surface area (Å²) in [6.07, 6.45) is -6.15. The third-order valence-electron chi connectivity index (χ3n) is 3.97. The van der Waals surface area contributed by atoms with Gasteiger partial charge in [0.2, 0.25) is 0 Å². The molecular weight excluding hydrogens is 411 g/mol. The molecule has 0 fully saturated rings. The summed E-state index contributed by atoms with van der Waals surface area (Å²) < 4.78 is 68.3. The van der Waals surface area contributed by atoms with Gasteiger partial charge in [0.1, 0.15) is 0 Å². The predicted octanol–water partition coefficient (Wildman–Crippen LogP) is 3.68. The van der Waals surface area contributed by atoms with Crippen LogP contribution in [-0.4, -0.2) is 32.2 Å². The Hall–Kier alpha value is -2.88. The van der Waals surface area contributed by atoms with Crippen LogP contribution in [0.3, 0.4) is 0 Å². The number of anilines is 1. The maximum atomic E-state index is 13.0. The van der Waals surface area contributed by atoms with Crippen LogP contribution in [0.2, 0.25) is 0 Å². The average Bonchev–Trinajstić information content (AvgIpc) is 2.67. The number of carbonyl (C=O) groups is 2. The number of esters is 1. The summed E-state index contributed by atoms with van der Waals surface area (Å²) in [6, 6.07) is 9.68. The van der Waals surface area contributed by atoms with E-state index < -0.39 is 45.2 Å². The normalized spacial score (nSPS) is 12.9. The molecule has 0 aliphatic heterocycles. The molecule has 0 saturated carbocycles. The molecule has 156 valence electrons. The topological polar surface area (TPSA) is 89.5 Å². The number of para-hydroxylation sites is 1. The molecule has 2 aromatic rings. The van der Waals surface area contributed by atoms with Crippen molar-refractivity contribution in [3.8, 4) is 0 Å². The highest BCUT2D eigenvalue weighted by Gasteiger charge is 2.34. The summed E-state index contributed by atoms with van der Waals surface area (Å²) in [6.45, 7) is 2.58. The lowest BCUT2D eigenvalue weighted by molar-refractivity contribution is -0.137. The molecule has 1 N–H and O–H groups in total. The minimum Gasteiger partial charge on any atom is -0.449 e. The van der Waals surface area contributed by atoms with Gasteiger partial charge in [-0.1, -0.05) is 31.2 Å². The van der Waals surface area contributed by atoms with Gasteiger partial charge in [-0.25, -0.2) is 13.2 Å². The second-order valence-electron chi connectivity index (χ2n) is 5.98. The van der Waals surface area contributed by atoms with Crippen LogP contribution in [0.1, 0.15) is 29.8 Å². The van der Waals surface area contributed by atoms with E-state index in [0.717, 1.165) is 12.1 Å². The smallest absolute Gasteiger partial charge is 0.418 e. The van der Waals surface area contributed by atoms with E-state index in [-0.39, 0.29) is 16.2 Å². The van der Waals surface area contributed by atoms with Gasteiger partial charge in [0, 0.05) is 0 Å². The second-order valence-corrected chi connectivity index (χ2v) is 8.23. The molecule has 0 aromatic heterocycles. The molecule has 0 aliphatic carbocycles. The molecule has 29 heavy (non-hydrogen) atoms. The Morgan fingerprint density at radius 3 is 2.28 bits per heavy atom. The van der Waals surface area contributed by atoms with E-state index in [2.05, 4.69) is 5.32 Å². The highest BCUT2D eigenvalue weighted by molar-refractivity contribution is 7.91. The lowest BCUT2D eigenvalue weighted by Gasteiger charge is -2.17. The maximum absolute atomic E-state index is 13.0. The summed E-state index contributed by atoms with van der Waals surface area (Å²) in [5.41, 5.74) is -1.79. The summed E-state index contributed by atoms with van der Waals surface area (Å²) in [5, 5.41) is 2.08. The molecule has 0 saturated heterocycles. The fourth-order valence-corrected chi connectivity index (χ4v) is 3.50. The molecule has 6 nitrogen and oxygen atoms in total. The van der Waals surface area contributed by atoms with Gasteiger partial charge < -0.3 is 10.1 Å². The van der Waals surface area contributed by atoms with Gasteiger partial charge in [0.05, 0.1) is 27.5 Å². The third-order valence-corrected chi connectivity index (χ3v) is 5.75. The van der Waals surface area contributed by atoms with Crippen molar-refractivity contribution in [3.63, 3.8) is 0 Å². The molecule has 2 rings (SSSR count). The van der Waals surface area contributed by atoms with E-state index in [9.17, 15) is 31.2 Å². The number of hydrogen-bond acceptors (Lipinski definition) is 5. The number of nitrogens with one attached hydrogen (secondary N) is 1. The molecule has 10 heteroatoms. The first-order valence-electron chi connectivity index (χ1n) is 8.47. The number of sulfone groups is 1. The molecule has 1 unspecified atom stereocenters. The van der Waals surface area contributed by atoms with Crippen LogP contribution in [0.25, 0.3) is 0 Å². The van der Waals surface area contributed by atoms with E-state index in [1.165, 1.54) is 50.2 Å². The van der Waals surface area contributed by atoms with Crippen molar-refractivity contribution < 1.29 is 35.9 Å². The fourth-order valence-electron chi connectivity index (χ4n) is 2.41. The zero-order chi connectivity index (χ0) is 21.8. The number of rotatable bonds is 6. The maximum Gasteiger partial charge on any atom is 0.418 e. The Morgan fingerprint density at radius 2 is 1.66 bits per heavy atom. The molecule has 0 heterocycles. The highest BCUT2D eigenvalue weighted by atomic mass is 32.2. The molecule has 0 radical (unpaired) electrons. The van der Waals surface area contributed by atoms with Gasteiger partial charge in [-0.3, -0.25) is 4.79 Å². The van der Waals surface area contributed by atoms with Crippen molar-refractivity contribution in [2.24, 2.45) is 0 Å². The Morgan fingerprint density at radius 1 is 1.07 bits per heavy atom. The third kappa shape index (κ3) is 5.35. The number of carbonyl (C=O) groups excluding carboxylic acids is 2. The van der Waals surface area contributed by atoms with Crippen LogP contribution in [0.5, 0.6) is 0 Å². The van der Waals surface area contributed by atoms with Crippen LogP contribution in [0.4, 0.5) is 18.9 Å². The van der Waals surface area contributed by atoms with Crippen molar-refractivity contribution in [3.05, 3.63) is 59.7 Å². The summed E-state index contributed by atoms with van der Waals surface area (Å²) in [7, 11) is -3.73. The molecule has 0 spiro atoms. The van der Waals surface area contributed by atoms with Crippen LogP contribution >= 0.6 is 0 Å². The summed E-state index contributed by atoms with van der Waals surface area (Å²) in [4.78, 5) is 24.3. The first-order valence-corrected chi connectivity index (χ1v) is 10.1. The van der Waals surface area contributed by atoms with E-state index >= 15 is 0 Å². The van der Waals surface area contributed by atoms with Crippen LogP contribution in [0.15, 0.2) is 53.4 Å². The Bertz CT molecular complexity index is 1020. The molecule has 0 aliphatic rings. The first-order chi connectivity index (χ1) is 13.5. The van der Waals surface area contributed by atoms with E-state index in [1.54, 1.807) is 0 Å². The van der Waals surface area contributed by atoms with E-state index in [4.69, 9.17) is 4.74 Å². The predicted molar refractivity (Wildman–Crippen MR) is 99.1 cm³/mol.